The molecule has 0 unspecified atom stereocenters. The molecule has 1 heterocycles. The minimum atomic E-state index is 0.106. The number of nitrogens with zero attached hydrogens (tertiary/aromatic N) is 2. The van der Waals surface area contributed by atoms with Gasteiger partial charge in [0.15, 0.2) is 6.04 Å². The summed E-state index contributed by atoms with van der Waals surface area (Å²) in [6, 6.07) is 0.106. The lowest BCUT2D eigenvalue weighted by Gasteiger charge is -1.94. The van der Waals surface area contributed by atoms with Crippen molar-refractivity contribution in [3.05, 3.63) is 16.3 Å². The van der Waals surface area contributed by atoms with Gasteiger partial charge in [0.2, 0.25) is 12.0 Å². The first kappa shape index (κ1) is 9.57. The van der Waals surface area contributed by atoms with Gasteiger partial charge < -0.3 is 0 Å². The molecule has 0 spiro atoms. The Hall–Kier alpha value is -1.52. The van der Waals surface area contributed by atoms with E-state index in [0.717, 1.165) is 0 Å². The molecular weight excluding hydrogens is 170 g/mol. The first-order chi connectivity index (χ1) is 6.11. The predicted molar refractivity (Wildman–Crippen MR) is 47.0 cm³/mol. The second-order valence-corrected chi connectivity index (χ2v) is 3.14. The van der Waals surface area contributed by atoms with Gasteiger partial charge >= 0.3 is 0 Å². The highest BCUT2D eigenvalue weighted by Crippen LogP contribution is 2.18. The standard InChI is InChI=1S/C8H11N3O2/c1-5(2)11-7(4-12)8(10-13)6(3)9-11/h4-5H,1-3H3/p+1. The topological polar surface area (TPSA) is 66.2 Å². The zero-order chi connectivity index (χ0) is 10.0. The Kier molecular flexibility index (Phi) is 2.55. The maximum atomic E-state index is 10.7. The Morgan fingerprint density at radius 2 is 2.15 bits per heavy atom. The zero-order valence-corrected chi connectivity index (χ0v) is 7.87. The van der Waals surface area contributed by atoms with Crippen molar-refractivity contribution in [1.82, 2.24) is 5.10 Å². The quantitative estimate of drug-likeness (QED) is 0.436. The van der Waals surface area contributed by atoms with E-state index in [4.69, 9.17) is 0 Å². The zero-order valence-electron chi connectivity index (χ0n) is 7.87. The second-order valence-electron chi connectivity index (χ2n) is 3.14. The van der Waals surface area contributed by atoms with Crippen molar-refractivity contribution in [3.63, 3.8) is 0 Å². The smallest absolute Gasteiger partial charge is 0.291 e. The molecule has 0 saturated carbocycles. The van der Waals surface area contributed by atoms with Gasteiger partial charge in [-0.05, 0) is 25.9 Å². The summed E-state index contributed by atoms with van der Waals surface area (Å²) in [7, 11) is 0. The van der Waals surface area contributed by atoms with E-state index in [1.165, 1.54) is 0 Å². The summed E-state index contributed by atoms with van der Waals surface area (Å²) in [5.41, 5.74) is 1.12. The molecule has 70 valence electrons. The van der Waals surface area contributed by atoms with Gasteiger partial charge in [0.05, 0.1) is 0 Å². The van der Waals surface area contributed by atoms with Crippen LogP contribution in [0.5, 0.6) is 0 Å². The second kappa shape index (κ2) is 3.47. The lowest BCUT2D eigenvalue weighted by Crippen LogP contribution is -2.41. The molecule has 0 aliphatic carbocycles. The highest BCUT2D eigenvalue weighted by atomic mass is 16.3. The lowest BCUT2D eigenvalue weighted by atomic mass is 10.3. The molecule has 0 atom stereocenters. The maximum Gasteiger partial charge on any atom is 0.300 e. The van der Waals surface area contributed by atoms with Crippen LogP contribution in [0.3, 0.4) is 0 Å². The molecule has 0 amide bonds. The molecule has 13 heavy (non-hydrogen) atoms. The van der Waals surface area contributed by atoms with Crippen LogP contribution in [0.15, 0.2) is 5.18 Å². The fourth-order valence-electron chi connectivity index (χ4n) is 1.24. The number of hydrogen-bond acceptors (Lipinski definition) is 3. The highest BCUT2D eigenvalue weighted by molar-refractivity contribution is 5.78. The normalized spacial score (nSPS) is 10.5. The van der Waals surface area contributed by atoms with Gasteiger partial charge in [-0.25, -0.2) is 0 Å². The number of rotatable bonds is 3. The van der Waals surface area contributed by atoms with Crippen LogP contribution in [-0.4, -0.2) is 11.4 Å². The van der Waals surface area contributed by atoms with E-state index in [-0.39, 0.29) is 11.7 Å². The molecule has 0 aliphatic heterocycles. The van der Waals surface area contributed by atoms with Crippen LogP contribution < -0.4 is 4.68 Å². The first-order valence-electron chi connectivity index (χ1n) is 4.04. The number of aryl methyl sites for hydroxylation is 1. The summed E-state index contributed by atoms with van der Waals surface area (Å²) in [6.45, 7) is 5.54. The largest absolute Gasteiger partial charge is 0.300 e. The van der Waals surface area contributed by atoms with E-state index in [1.54, 1.807) is 11.6 Å². The lowest BCUT2D eigenvalue weighted by molar-refractivity contribution is -0.768. The van der Waals surface area contributed by atoms with E-state index >= 15 is 0 Å². The van der Waals surface area contributed by atoms with Crippen molar-refractivity contribution in [2.45, 2.75) is 26.8 Å². The van der Waals surface area contributed by atoms with Crippen LogP contribution in [0.25, 0.3) is 0 Å². The number of carbonyl (C=O) groups excluding carboxylic acids is 1. The molecule has 1 rings (SSSR count). The Morgan fingerprint density at radius 1 is 1.54 bits per heavy atom. The summed E-state index contributed by atoms with van der Waals surface area (Å²) in [5, 5.41) is 5.72. The molecular formula is C8H12N3O2+. The van der Waals surface area contributed by atoms with Gasteiger partial charge in [0.25, 0.3) is 5.69 Å². The van der Waals surface area contributed by atoms with Gasteiger partial charge in [-0.1, -0.05) is 0 Å². The van der Waals surface area contributed by atoms with E-state index in [9.17, 15) is 9.70 Å². The molecule has 0 aliphatic rings. The monoisotopic (exact) mass is 182 g/mol. The van der Waals surface area contributed by atoms with Crippen molar-refractivity contribution >= 4 is 12.0 Å². The fourth-order valence-corrected chi connectivity index (χ4v) is 1.24. The third-order valence-electron chi connectivity index (χ3n) is 1.86. The Morgan fingerprint density at radius 3 is 2.54 bits per heavy atom. The van der Waals surface area contributed by atoms with E-state index < -0.39 is 0 Å². The fraction of sp³-hybridized carbons (Fsp3) is 0.500. The van der Waals surface area contributed by atoms with Crippen molar-refractivity contribution < 1.29 is 9.48 Å². The van der Waals surface area contributed by atoms with Crippen molar-refractivity contribution in [3.8, 4) is 0 Å². The molecule has 0 bridgehead atoms. The van der Waals surface area contributed by atoms with E-state index in [2.05, 4.69) is 10.3 Å². The summed E-state index contributed by atoms with van der Waals surface area (Å²) in [5.74, 6) is 0. The molecule has 1 aromatic heterocycles. The van der Waals surface area contributed by atoms with Gasteiger partial charge in [0, 0.05) is 0 Å². The number of aldehydes is 1. The molecule has 0 saturated heterocycles. The average molecular weight is 182 g/mol. The van der Waals surface area contributed by atoms with Crippen molar-refractivity contribution in [2.24, 2.45) is 5.18 Å². The number of aromatic amines is 1. The highest BCUT2D eigenvalue weighted by Gasteiger charge is 2.25. The van der Waals surface area contributed by atoms with Crippen molar-refractivity contribution in [2.75, 3.05) is 0 Å². The molecule has 1 aromatic rings. The van der Waals surface area contributed by atoms with E-state index in [1.807, 2.05) is 13.8 Å². The Bertz CT molecular complexity index is 341. The maximum absolute atomic E-state index is 10.7. The number of H-pyrrole nitrogens is 1. The minimum Gasteiger partial charge on any atom is -0.291 e. The number of nitroso groups, excluding NO2 is 1. The number of carbonyl (C=O) groups is 1. The number of nitrogens with one attached hydrogen (secondary N) is 1. The third-order valence-corrected chi connectivity index (χ3v) is 1.86. The van der Waals surface area contributed by atoms with Crippen LogP contribution in [0.4, 0.5) is 5.69 Å². The summed E-state index contributed by atoms with van der Waals surface area (Å²) >= 11 is 0. The SMILES string of the molecule is Cc1[nH][n+](C(C)C)c(C=O)c1N=O. The van der Waals surface area contributed by atoms with Gasteiger partial charge in [0.1, 0.15) is 5.69 Å². The van der Waals surface area contributed by atoms with Crippen molar-refractivity contribution in [1.29, 1.82) is 0 Å². The summed E-state index contributed by atoms with van der Waals surface area (Å²) in [6.07, 6.45) is 0.639. The summed E-state index contributed by atoms with van der Waals surface area (Å²) < 4.78 is 1.62. The molecule has 0 fully saturated rings. The van der Waals surface area contributed by atoms with Gasteiger partial charge in [-0.3, -0.25) is 4.79 Å². The predicted octanol–water partition coefficient (Wildman–Crippen LogP) is 1.40. The molecule has 1 N–H and O–H groups in total. The minimum absolute atomic E-state index is 0.106. The Labute approximate surface area is 75.7 Å². The third kappa shape index (κ3) is 1.49. The van der Waals surface area contributed by atoms with Gasteiger partial charge in [-0.2, -0.15) is 5.10 Å². The van der Waals surface area contributed by atoms with Crippen LogP contribution in [-0.2, 0) is 0 Å². The molecule has 5 heteroatoms. The summed E-state index contributed by atoms with van der Waals surface area (Å²) in [4.78, 5) is 21.1. The average Bonchev–Trinajstić information content (AvgIpc) is 2.41. The van der Waals surface area contributed by atoms with Crippen LogP contribution >= 0.6 is 0 Å². The van der Waals surface area contributed by atoms with E-state index in [0.29, 0.717) is 17.7 Å². The van der Waals surface area contributed by atoms with Crippen LogP contribution in [0.1, 0.15) is 36.1 Å². The number of hydrogen-bond donors (Lipinski definition) is 1. The van der Waals surface area contributed by atoms with Crippen LogP contribution in [0, 0.1) is 11.8 Å². The van der Waals surface area contributed by atoms with Crippen LogP contribution in [0.2, 0.25) is 0 Å². The first-order valence-corrected chi connectivity index (χ1v) is 4.04. The molecule has 0 aromatic carbocycles. The Balaban J connectivity index is 3.37. The van der Waals surface area contributed by atoms with Gasteiger partial charge in [-0.15, -0.1) is 9.59 Å². The number of aromatic nitrogens is 2. The molecule has 0 radical (unpaired) electrons. The molecule has 5 nitrogen and oxygen atoms in total.